The Hall–Kier alpha value is -0.160. The van der Waals surface area contributed by atoms with Crippen LogP contribution in [0.25, 0.3) is 0 Å². The Balaban J connectivity index is 2.08. The predicted octanol–water partition coefficient (Wildman–Crippen LogP) is 0.934. The average Bonchev–Trinajstić information content (AvgIpc) is 2.23. The van der Waals surface area contributed by atoms with E-state index in [1.807, 2.05) is 0 Å². The lowest BCUT2D eigenvalue weighted by molar-refractivity contribution is -0.140. The second-order valence-corrected chi connectivity index (χ2v) is 3.99. The van der Waals surface area contributed by atoms with Gasteiger partial charge in [0.15, 0.2) is 0 Å². The highest BCUT2D eigenvalue weighted by molar-refractivity contribution is 4.95. The second kappa shape index (κ2) is 7.17. The van der Waals surface area contributed by atoms with Crippen LogP contribution in [0.5, 0.6) is 0 Å². The minimum absolute atomic E-state index is 0.104. The fourth-order valence-corrected chi connectivity index (χ4v) is 1.70. The highest BCUT2D eigenvalue weighted by atomic mass is 16.5. The van der Waals surface area contributed by atoms with Crippen molar-refractivity contribution in [3.05, 3.63) is 0 Å². The van der Waals surface area contributed by atoms with Gasteiger partial charge in [-0.05, 0) is 19.3 Å². The third kappa shape index (κ3) is 4.07. The van der Waals surface area contributed by atoms with Crippen LogP contribution in [0.2, 0.25) is 0 Å². The molecule has 2 N–H and O–H groups in total. The van der Waals surface area contributed by atoms with Gasteiger partial charge in [-0.15, -0.1) is 0 Å². The van der Waals surface area contributed by atoms with Crippen LogP contribution in [0.4, 0.5) is 0 Å². The van der Waals surface area contributed by atoms with Gasteiger partial charge in [0.2, 0.25) is 0 Å². The monoisotopic (exact) mass is 217 g/mol. The van der Waals surface area contributed by atoms with Crippen molar-refractivity contribution in [2.45, 2.75) is 44.4 Å². The second-order valence-electron chi connectivity index (χ2n) is 3.99. The normalized spacial score (nSPS) is 30.2. The van der Waals surface area contributed by atoms with Gasteiger partial charge < -0.3 is 19.9 Å². The molecule has 0 aliphatic heterocycles. The Morgan fingerprint density at radius 3 is 2.60 bits per heavy atom. The van der Waals surface area contributed by atoms with Crippen LogP contribution in [-0.4, -0.2) is 45.2 Å². The molecular weight excluding hydrogens is 194 g/mol. The molecule has 0 aromatic carbocycles. The van der Waals surface area contributed by atoms with Crippen LogP contribution in [0.1, 0.15) is 26.2 Å². The van der Waals surface area contributed by atoms with Gasteiger partial charge in [0.05, 0.1) is 12.2 Å². The molecule has 1 fully saturated rings. The first kappa shape index (κ1) is 12.9. The molecule has 0 aromatic heterocycles. The van der Waals surface area contributed by atoms with Crippen molar-refractivity contribution in [1.29, 1.82) is 0 Å². The maximum Gasteiger partial charge on any atom is 0.0988 e. The van der Waals surface area contributed by atoms with Gasteiger partial charge in [0.1, 0.15) is 0 Å². The van der Waals surface area contributed by atoms with E-state index in [2.05, 4.69) is 6.92 Å². The highest BCUT2D eigenvalue weighted by Gasteiger charge is 2.40. The lowest BCUT2D eigenvalue weighted by Gasteiger charge is -2.41. The molecule has 90 valence electrons. The summed E-state index contributed by atoms with van der Waals surface area (Å²) < 4.78 is 16.3. The van der Waals surface area contributed by atoms with Crippen molar-refractivity contribution < 1.29 is 14.2 Å². The largest absolute Gasteiger partial charge is 0.385 e. The van der Waals surface area contributed by atoms with Gasteiger partial charge in [-0.1, -0.05) is 6.92 Å². The molecule has 4 heteroatoms. The zero-order valence-electron chi connectivity index (χ0n) is 9.78. The highest BCUT2D eigenvalue weighted by Crippen LogP contribution is 2.25. The summed E-state index contributed by atoms with van der Waals surface area (Å²) in [5.41, 5.74) is 5.85. The van der Waals surface area contributed by atoms with E-state index in [1.165, 1.54) is 0 Å². The van der Waals surface area contributed by atoms with Crippen molar-refractivity contribution in [2.75, 3.05) is 26.9 Å². The van der Waals surface area contributed by atoms with Crippen LogP contribution in [0.15, 0.2) is 0 Å². The molecule has 0 amide bonds. The van der Waals surface area contributed by atoms with Gasteiger partial charge in [-0.25, -0.2) is 0 Å². The van der Waals surface area contributed by atoms with Crippen molar-refractivity contribution in [3.63, 3.8) is 0 Å². The summed E-state index contributed by atoms with van der Waals surface area (Å²) in [7, 11) is 1.70. The van der Waals surface area contributed by atoms with Gasteiger partial charge in [-0.3, -0.25) is 0 Å². The van der Waals surface area contributed by atoms with Crippen LogP contribution in [-0.2, 0) is 14.2 Å². The summed E-state index contributed by atoms with van der Waals surface area (Å²) in [4.78, 5) is 0. The standard InChI is InChI=1S/C11H23NO3/c1-3-5-15-11-9(12)8-10(11)14-7-4-6-13-2/h9-11H,3-8,12H2,1-2H3. The Morgan fingerprint density at radius 1 is 1.20 bits per heavy atom. The summed E-state index contributed by atoms with van der Waals surface area (Å²) in [6.07, 6.45) is 3.18. The molecule has 1 aliphatic carbocycles. The van der Waals surface area contributed by atoms with Crippen LogP contribution in [0.3, 0.4) is 0 Å². The fraction of sp³-hybridized carbons (Fsp3) is 1.00. The summed E-state index contributed by atoms with van der Waals surface area (Å²) in [6.45, 7) is 4.35. The minimum atomic E-state index is 0.104. The summed E-state index contributed by atoms with van der Waals surface area (Å²) >= 11 is 0. The van der Waals surface area contributed by atoms with Crippen molar-refractivity contribution in [3.8, 4) is 0 Å². The molecule has 1 rings (SSSR count). The molecule has 0 radical (unpaired) electrons. The van der Waals surface area contributed by atoms with E-state index in [0.717, 1.165) is 39.1 Å². The third-order valence-electron chi connectivity index (χ3n) is 2.63. The van der Waals surface area contributed by atoms with Gasteiger partial charge in [0.25, 0.3) is 0 Å². The molecule has 3 unspecified atom stereocenters. The number of hydrogen-bond donors (Lipinski definition) is 1. The summed E-state index contributed by atoms with van der Waals surface area (Å²) in [5, 5.41) is 0. The molecule has 0 bridgehead atoms. The van der Waals surface area contributed by atoms with Crippen molar-refractivity contribution in [1.82, 2.24) is 0 Å². The number of nitrogens with two attached hydrogens (primary N) is 1. The lowest BCUT2D eigenvalue weighted by atomic mass is 9.86. The van der Waals surface area contributed by atoms with E-state index >= 15 is 0 Å². The Kier molecular flexibility index (Phi) is 6.17. The number of ether oxygens (including phenoxy) is 3. The van der Waals surface area contributed by atoms with E-state index in [1.54, 1.807) is 7.11 Å². The SMILES string of the molecule is CCCOC1C(N)CC1OCCCOC. The maximum absolute atomic E-state index is 5.85. The molecule has 0 heterocycles. The minimum Gasteiger partial charge on any atom is -0.385 e. The van der Waals surface area contributed by atoms with Gasteiger partial charge in [-0.2, -0.15) is 0 Å². The zero-order valence-corrected chi connectivity index (χ0v) is 9.78. The van der Waals surface area contributed by atoms with Gasteiger partial charge >= 0.3 is 0 Å². The molecule has 4 nitrogen and oxygen atoms in total. The fourth-order valence-electron chi connectivity index (χ4n) is 1.70. The topological polar surface area (TPSA) is 53.7 Å². The Labute approximate surface area is 92.1 Å². The maximum atomic E-state index is 5.85. The quantitative estimate of drug-likeness (QED) is 0.615. The smallest absolute Gasteiger partial charge is 0.0988 e. The Morgan fingerprint density at radius 2 is 2.00 bits per heavy atom. The Bertz CT molecular complexity index is 166. The predicted molar refractivity (Wildman–Crippen MR) is 58.9 cm³/mol. The molecule has 3 atom stereocenters. The van der Waals surface area contributed by atoms with E-state index in [0.29, 0.717) is 0 Å². The first-order valence-corrected chi connectivity index (χ1v) is 5.77. The van der Waals surface area contributed by atoms with E-state index in [9.17, 15) is 0 Å². The molecule has 1 aliphatic rings. The first-order chi connectivity index (χ1) is 7.29. The van der Waals surface area contributed by atoms with Crippen molar-refractivity contribution >= 4 is 0 Å². The molecule has 1 saturated carbocycles. The lowest BCUT2D eigenvalue weighted by Crippen LogP contribution is -2.58. The molecular formula is C11H23NO3. The van der Waals surface area contributed by atoms with E-state index in [4.69, 9.17) is 19.9 Å². The zero-order chi connectivity index (χ0) is 11.1. The summed E-state index contributed by atoms with van der Waals surface area (Å²) in [5.74, 6) is 0. The third-order valence-corrected chi connectivity index (χ3v) is 2.63. The molecule has 0 spiro atoms. The number of rotatable bonds is 8. The van der Waals surface area contributed by atoms with Gasteiger partial charge in [0, 0.05) is 33.0 Å². The van der Waals surface area contributed by atoms with Crippen molar-refractivity contribution in [2.24, 2.45) is 5.73 Å². The van der Waals surface area contributed by atoms with E-state index < -0.39 is 0 Å². The molecule has 0 saturated heterocycles. The molecule has 15 heavy (non-hydrogen) atoms. The van der Waals surface area contributed by atoms with Crippen LogP contribution in [0, 0.1) is 0 Å². The van der Waals surface area contributed by atoms with E-state index in [-0.39, 0.29) is 18.2 Å². The van der Waals surface area contributed by atoms with Crippen LogP contribution >= 0.6 is 0 Å². The first-order valence-electron chi connectivity index (χ1n) is 5.77. The average molecular weight is 217 g/mol. The number of methoxy groups -OCH3 is 1. The molecule has 0 aromatic rings. The summed E-state index contributed by atoms with van der Waals surface area (Å²) in [6, 6.07) is 0.156. The van der Waals surface area contributed by atoms with Crippen LogP contribution < -0.4 is 5.73 Å². The number of hydrogen-bond acceptors (Lipinski definition) is 4.